The molecule has 0 radical (unpaired) electrons. The molecule has 84 valence electrons. The normalized spacial score (nSPS) is 24.0. The maximum Gasteiger partial charge on any atom is 0.119 e. The van der Waals surface area contributed by atoms with Crippen molar-refractivity contribution in [3.8, 4) is 11.8 Å². The molecule has 2 rings (SSSR count). The van der Waals surface area contributed by atoms with Gasteiger partial charge in [0.2, 0.25) is 0 Å². The Morgan fingerprint density at radius 3 is 3.12 bits per heavy atom. The van der Waals surface area contributed by atoms with Crippen molar-refractivity contribution in [2.75, 3.05) is 19.7 Å². The van der Waals surface area contributed by atoms with Gasteiger partial charge >= 0.3 is 0 Å². The molecule has 1 aromatic carbocycles. The van der Waals surface area contributed by atoms with Gasteiger partial charge in [-0.15, -0.1) is 0 Å². The van der Waals surface area contributed by atoms with Gasteiger partial charge in [-0.3, -0.25) is 0 Å². The fraction of sp³-hybridized carbons (Fsp3) is 0.462. The number of hydrogen-bond acceptors (Lipinski definition) is 3. The van der Waals surface area contributed by atoms with Crippen molar-refractivity contribution in [1.82, 2.24) is 5.32 Å². The fourth-order valence-electron chi connectivity index (χ4n) is 2.17. The number of ether oxygens (including phenoxy) is 1. The maximum atomic E-state index is 9.05. The predicted molar refractivity (Wildman–Crippen MR) is 62.3 cm³/mol. The predicted octanol–water partition coefficient (Wildman–Crippen LogP) is 1.91. The Morgan fingerprint density at radius 2 is 2.38 bits per heavy atom. The molecule has 1 N–H and O–H groups in total. The zero-order chi connectivity index (χ0) is 11.4. The smallest absolute Gasteiger partial charge is 0.119 e. The van der Waals surface area contributed by atoms with E-state index in [4.69, 9.17) is 10.00 Å². The van der Waals surface area contributed by atoms with Gasteiger partial charge in [0.05, 0.1) is 18.6 Å². The molecule has 1 saturated heterocycles. The summed E-state index contributed by atoms with van der Waals surface area (Å²) < 4.78 is 5.47. The molecule has 1 heterocycles. The van der Waals surface area contributed by atoms with Crippen LogP contribution in [0.1, 0.15) is 18.4 Å². The summed E-state index contributed by atoms with van der Waals surface area (Å²) in [5.74, 6) is 1.27. The first kappa shape index (κ1) is 11.0. The number of nitrogens with one attached hydrogen (secondary N) is 1. The van der Waals surface area contributed by atoms with Crippen molar-refractivity contribution in [3.05, 3.63) is 29.8 Å². The van der Waals surface area contributed by atoms with Crippen LogP contribution in [-0.4, -0.2) is 19.7 Å². The highest BCUT2D eigenvalue weighted by atomic mass is 16.5. The molecule has 0 unspecified atom stereocenters. The molecule has 1 aliphatic heterocycles. The molecule has 0 saturated carbocycles. The number of hydrogen-bond donors (Lipinski definition) is 1. The first-order valence-corrected chi connectivity index (χ1v) is 5.68. The number of nitriles is 1. The van der Waals surface area contributed by atoms with Crippen LogP contribution in [0.3, 0.4) is 0 Å². The third-order valence-electron chi connectivity index (χ3n) is 2.98. The molecule has 0 aromatic heterocycles. The highest BCUT2D eigenvalue weighted by Crippen LogP contribution is 2.29. The summed E-state index contributed by atoms with van der Waals surface area (Å²) in [7, 11) is 0. The Morgan fingerprint density at radius 1 is 1.50 bits per heavy atom. The van der Waals surface area contributed by atoms with Gasteiger partial charge in [0.15, 0.2) is 0 Å². The molecule has 1 aliphatic rings. The molecular formula is C13H16N2O. The summed E-state index contributed by atoms with van der Waals surface area (Å²) in [6.07, 6.45) is 0. The van der Waals surface area contributed by atoms with E-state index in [1.165, 1.54) is 5.56 Å². The van der Waals surface area contributed by atoms with Crippen molar-refractivity contribution in [1.29, 1.82) is 5.26 Å². The van der Waals surface area contributed by atoms with E-state index in [-0.39, 0.29) is 5.92 Å². The Hall–Kier alpha value is -1.53. The van der Waals surface area contributed by atoms with Crippen molar-refractivity contribution in [3.63, 3.8) is 0 Å². The zero-order valence-electron chi connectivity index (χ0n) is 9.44. The van der Waals surface area contributed by atoms with Crippen molar-refractivity contribution >= 4 is 0 Å². The maximum absolute atomic E-state index is 9.05. The molecule has 0 bridgehead atoms. The molecule has 1 aromatic rings. The van der Waals surface area contributed by atoms with Gasteiger partial charge in [0.1, 0.15) is 5.75 Å². The van der Waals surface area contributed by atoms with Crippen molar-refractivity contribution in [2.45, 2.75) is 12.8 Å². The van der Waals surface area contributed by atoms with E-state index >= 15 is 0 Å². The molecule has 2 atom stereocenters. The van der Waals surface area contributed by atoms with E-state index in [1.807, 2.05) is 25.1 Å². The van der Waals surface area contributed by atoms with Crippen LogP contribution in [0.15, 0.2) is 24.3 Å². The highest BCUT2D eigenvalue weighted by Gasteiger charge is 2.28. The Labute approximate surface area is 96.0 Å². The van der Waals surface area contributed by atoms with Gasteiger partial charge in [0.25, 0.3) is 0 Å². The summed E-state index contributed by atoms with van der Waals surface area (Å²) in [4.78, 5) is 0. The lowest BCUT2D eigenvalue weighted by Crippen LogP contribution is -2.08. The van der Waals surface area contributed by atoms with Crippen LogP contribution in [0.4, 0.5) is 0 Å². The average Bonchev–Trinajstić information content (AvgIpc) is 2.78. The van der Waals surface area contributed by atoms with Crippen molar-refractivity contribution < 1.29 is 4.74 Å². The van der Waals surface area contributed by atoms with Gasteiger partial charge < -0.3 is 10.1 Å². The van der Waals surface area contributed by atoms with Crippen LogP contribution in [0.2, 0.25) is 0 Å². The van der Waals surface area contributed by atoms with E-state index in [9.17, 15) is 0 Å². The van der Waals surface area contributed by atoms with E-state index in [1.54, 1.807) is 0 Å². The van der Waals surface area contributed by atoms with Crippen LogP contribution in [0.25, 0.3) is 0 Å². The second-order valence-electron chi connectivity index (χ2n) is 4.01. The first-order chi connectivity index (χ1) is 7.85. The second-order valence-corrected chi connectivity index (χ2v) is 4.01. The summed E-state index contributed by atoms with van der Waals surface area (Å²) in [6, 6.07) is 10.4. The Kier molecular flexibility index (Phi) is 3.43. The molecule has 3 heteroatoms. The lowest BCUT2D eigenvalue weighted by Gasteiger charge is -2.13. The lowest BCUT2D eigenvalue weighted by molar-refractivity contribution is 0.339. The van der Waals surface area contributed by atoms with Crippen LogP contribution in [0.5, 0.6) is 5.75 Å². The van der Waals surface area contributed by atoms with E-state index < -0.39 is 0 Å². The van der Waals surface area contributed by atoms with Gasteiger partial charge in [-0.25, -0.2) is 0 Å². The molecule has 3 nitrogen and oxygen atoms in total. The summed E-state index contributed by atoms with van der Waals surface area (Å²) in [5.41, 5.74) is 1.20. The third-order valence-corrected chi connectivity index (χ3v) is 2.98. The fourth-order valence-corrected chi connectivity index (χ4v) is 2.17. The molecular weight excluding hydrogens is 200 g/mol. The van der Waals surface area contributed by atoms with Crippen LogP contribution < -0.4 is 10.1 Å². The molecule has 0 amide bonds. The average molecular weight is 216 g/mol. The van der Waals surface area contributed by atoms with E-state index in [2.05, 4.69) is 17.5 Å². The van der Waals surface area contributed by atoms with Crippen molar-refractivity contribution in [2.24, 2.45) is 5.92 Å². The van der Waals surface area contributed by atoms with Gasteiger partial charge in [0, 0.05) is 19.0 Å². The molecule has 0 aliphatic carbocycles. The summed E-state index contributed by atoms with van der Waals surface area (Å²) >= 11 is 0. The number of nitrogens with zero attached hydrogens (tertiary/aromatic N) is 1. The minimum absolute atomic E-state index is 0.0804. The lowest BCUT2D eigenvalue weighted by atomic mass is 9.90. The summed E-state index contributed by atoms with van der Waals surface area (Å²) in [5, 5.41) is 12.3. The van der Waals surface area contributed by atoms with Gasteiger partial charge in [-0.2, -0.15) is 5.26 Å². The summed E-state index contributed by atoms with van der Waals surface area (Å²) in [6.45, 7) is 4.32. The molecule has 0 spiro atoms. The molecule has 16 heavy (non-hydrogen) atoms. The van der Waals surface area contributed by atoms with Gasteiger partial charge in [-0.1, -0.05) is 12.1 Å². The SMILES string of the molecule is CCOc1cccc([C@H]2CNC[C@H]2C#N)c1. The van der Waals surface area contributed by atoms with Gasteiger partial charge in [-0.05, 0) is 24.6 Å². The first-order valence-electron chi connectivity index (χ1n) is 5.68. The largest absolute Gasteiger partial charge is 0.494 e. The number of benzene rings is 1. The Balaban J connectivity index is 2.20. The van der Waals surface area contributed by atoms with E-state index in [0.29, 0.717) is 12.5 Å². The molecule has 1 fully saturated rings. The monoisotopic (exact) mass is 216 g/mol. The minimum atomic E-state index is 0.0804. The second kappa shape index (κ2) is 5.00. The minimum Gasteiger partial charge on any atom is -0.494 e. The number of rotatable bonds is 3. The third kappa shape index (κ3) is 2.17. The standard InChI is InChI=1S/C13H16N2O/c1-2-16-12-5-3-4-10(6-12)13-9-15-8-11(13)7-14/h3-6,11,13,15H,2,8-9H2,1H3/t11-,13-/m1/s1. The van der Waals surface area contributed by atoms with Crippen LogP contribution in [0, 0.1) is 17.2 Å². The van der Waals surface area contributed by atoms with Crippen LogP contribution >= 0.6 is 0 Å². The Bertz CT molecular complexity index is 397. The topological polar surface area (TPSA) is 45.0 Å². The zero-order valence-corrected chi connectivity index (χ0v) is 9.44. The highest BCUT2D eigenvalue weighted by molar-refractivity contribution is 5.33. The quantitative estimate of drug-likeness (QED) is 0.839. The van der Waals surface area contributed by atoms with Crippen LogP contribution in [-0.2, 0) is 0 Å². The van der Waals surface area contributed by atoms with E-state index in [0.717, 1.165) is 18.8 Å².